The second-order valence-electron chi connectivity index (χ2n) is 20.5. The number of aldehydes is 2. The number of anilines is 1. The lowest BCUT2D eigenvalue weighted by Gasteiger charge is -2.42. The largest absolute Gasteiger partial charge is 0.495 e. The van der Waals surface area contributed by atoms with Crippen LogP contribution in [0.2, 0.25) is 5.02 Å². The van der Waals surface area contributed by atoms with Gasteiger partial charge >= 0.3 is 12.1 Å². The Balaban J connectivity index is 1.02. The molecule has 2 aromatic carbocycles. The van der Waals surface area contributed by atoms with Crippen LogP contribution in [0.15, 0.2) is 54.1 Å². The van der Waals surface area contributed by atoms with Crippen LogP contribution in [0, 0.1) is 17.8 Å². The topological polar surface area (TPSA) is 249 Å². The number of likely N-dealkylation sites (N-methyl/N-ethyl adjacent to an activating group) is 1. The minimum Gasteiger partial charge on any atom is -0.495 e. The van der Waals surface area contributed by atoms with Crippen LogP contribution in [0.5, 0.6) is 5.75 Å². The van der Waals surface area contributed by atoms with E-state index in [1.54, 1.807) is 63.4 Å². The number of hydrogen-bond acceptors (Lipinski definition) is 15. The number of allylic oxidation sites excluding steroid dienone is 3. The fourth-order valence-electron chi connectivity index (χ4n) is 10.1. The summed E-state index contributed by atoms with van der Waals surface area (Å²) in [6.07, 6.45) is 5.31. The molecule has 21 heteroatoms. The van der Waals surface area contributed by atoms with Gasteiger partial charge in [0.25, 0.3) is 0 Å². The molecule has 2 aromatic rings. The van der Waals surface area contributed by atoms with E-state index in [2.05, 4.69) is 16.0 Å². The van der Waals surface area contributed by atoms with Crippen molar-refractivity contribution in [2.45, 2.75) is 127 Å². The van der Waals surface area contributed by atoms with E-state index in [0.29, 0.717) is 79.7 Å². The molecule has 6 rings (SSSR count). The maximum atomic E-state index is 14.3. The lowest BCUT2D eigenvalue weighted by atomic mass is 9.81. The summed E-state index contributed by atoms with van der Waals surface area (Å²) < 4.78 is 29.4. The Kier molecular flexibility index (Phi) is 20.7. The van der Waals surface area contributed by atoms with Gasteiger partial charge in [0.15, 0.2) is 18.3 Å². The molecule has 2 saturated heterocycles. The first kappa shape index (κ1) is 59.4. The smallest absolute Gasteiger partial charge is 0.409 e. The van der Waals surface area contributed by atoms with Gasteiger partial charge in [-0.1, -0.05) is 54.5 Å². The Labute approximate surface area is 453 Å². The fraction of sp³-hybridized carbons (Fsp3) is 0.564. The van der Waals surface area contributed by atoms with Gasteiger partial charge in [0.1, 0.15) is 40.7 Å². The van der Waals surface area contributed by atoms with Crippen molar-refractivity contribution >= 4 is 77.3 Å². The maximum Gasteiger partial charge on any atom is 0.409 e. The van der Waals surface area contributed by atoms with Crippen molar-refractivity contribution in [3.63, 3.8) is 0 Å². The van der Waals surface area contributed by atoms with Crippen LogP contribution in [0.4, 0.5) is 10.5 Å². The lowest BCUT2D eigenvalue weighted by molar-refractivity contribution is -0.162. The van der Waals surface area contributed by atoms with E-state index in [4.69, 9.17) is 35.3 Å². The highest BCUT2D eigenvalue weighted by Crippen LogP contribution is 2.49. The SMILES string of the molecule is COc1cc2cc(c1Cl)N(C)C(=O)C[C@H](OC(=O)[C@H](C)N(C)C(=O)CCSCC(=O)NCC1CCC(C(=O)NCCc3ccc(C=O)c(C=O)c3)CC1)C1(C)OC1C(C)C1CC(O)(NC(=O)O1)C(OC)/C=C/C=C(\C)C2. The molecule has 19 nitrogen and oxygen atoms in total. The number of halogens is 1. The summed E-state index contributed by atoms with van der Waals surface area (Å²) in [5, 5.41) is 20.5. The van der Waals surface area contributed by atoms with Crippen molar-refractivity contribution in [2.75, 3.05) is 57.8 Å². The highest BCUT2D eigenvalue weighted by atomic mass is 35.5. The Bertz CT molecular complexity index is 2550. The molecular formula is C55H72ClN5O14S. The van der Waals surface area contributed by atoms with Crippen LogP contribution < -0.4 is 25.6 Å². The molecule has 1 aliphatic carbocycles. The first-order valence-corrected chi connectivity index (χ1v) is 27.2. The van der Waals surface area contributed by atoms with Crippen molar-refractivity contribution in [1.82, 2.24) is 20.9 Å². The first-order valence-electron chi connectivity index (χ1n) is 25.6. The van der Waals surface area contributed by atoms with E-state index in [0.717, 1.165) is 29.5 Å². The van der Waals surface area contributed by atoms with Crippen molar-refractivity contribution in [2.24, 2.45) is 17.8 Å². The van der Waals surface area contributed by atoms with Gasteiger partial charge in [-0.2, -0.15) is 11.8 Å². The van der Waals surface area contributed by atoms with Crippen molar-refractivity contribution in [1.29, 1.82) is 0 Å². The van der Waals surface area contributed by atoms with E-state index >= 15 is 0 Å². The molecule has 76 heavy (non-hydrogen) atoms. The average molecular weight is 1090 g/mol. The van der Waals surface area contributed by atoms with Gasteiger partial charge in [0.2, 0.25) is 23.6 Å². The number of benzene rings is 2. The summed E-state index contributed by atoms with van der Waals surface area (Å²) in [6.45, 7) is 7.78. The van der Waals surface area contributed by atoms with Gasteiger partial charge in [-0.15, -0.1) is 0 Å². The third kappa shape index (κ3) is 14.8. The molecule has 5 amide bonds. The predicted octanol–water partition coefficient (Wildman–Crippen LogP) is 5.54. The number of methoxy groups -OCH3 is 2. The zero-order valence-corrected chi connectivity index (χ0v) is 46.1. The number of nitrogens with zero attached hydrogens (tertiary/aromatic N) is 2. The zero-order chi connectivity index (χ0) is 55.5. The number of alkyl carbamates (subject to hydrolysis) is 1. The average Bonchev–Trinajstić information content (AvgIpc) is 4.16. The number of thioether (sulfide) groups is 1. The minimum absolute atomic E-state index is 0.0227. The number of fused-ring (bicyclic) bond motifs is 5. The van der Waals surface area contributed by atoms with Crippen molar-refractivity contribution in [3.05, 3.63) is 81.4 Å². The number of carbonyl (C=O) groups is 8. The van der Waals surface area contributed by atoms with Crippen LogP contribution in [-0.4, -0.2) is 153 Å². The number of ether oxygens (including phenoxy) is 5. The second-order valence-corrected chi connectivity index (χ2v) is 22.0. The zero-order valence-electron chi connectivity index (χ0n) is 44.5. The number of aliphatic hydroxyl groups is 1. The van der Waals surface area contributed by atoms with Gasteiger partial charge in [-0.3, -0.25) is 34.1 Å². The quantitative estimate of drug-likeness (QED) is 0.0619. The molecule has 0 spiro atoms. The Morgan fingerprint density at radius 3 is 2.47 bits per heavy atom. The third-order valence-corrected chi connectivity index (χ3v) is 16.5. The molecule has 6 unspecified atom stereocenters. The van der Waals surface area contributed by atoms with E-state index in [-0.39, 0.29) is 59.6 Å². The van der Waals surface area contributed by atoms with Crippen LogP contribution in [0.3, 0.4) is 0 Å². The van der Waals surface area contributed by atoms with E-state index in [1.165, 1.54) is 49.8 Å². The van der Waals surface area contributed by atoms with Crippen molar-refractivity contribution in [3.8, 4) is 5.75 Å². The number of hydrogen-bond donors (Lipinski definition) is 4. The summed E-state index contributed by atoms with van der Waals surface area (Å²) >= 11 is 8.10. The lowest BCUT2D eigenvalue weighted by Crippen LogP contribution is -2.63. The molecule has 3 heterocycles. The molecule has 3 aliphatic heterocycles. The Morgan fingerprint density at radius 1 is 1.07 bits per heavy atom. The normalized spacial score (nSPS) is 28.2. The summed E-state index contributed by atoms with van der Waals surface area (Å²) in [5.74, 6) is -1.55. The molecule has 414 valence electrons. The molecule has 0 aromatic heterocycles. The standard InChI is InChI=1S/C55H72ClN5O14S/c1-32-10-9-11-44(72-8)55(70)27-43(73-53(69)59-55)33(2)50-54(4,75-50)45(26-48(66)61(6)41-24-37(22-32)25-42(71-7)49(41)56)74-52(68)34(3)60(5)47(65)19-21-76-31-46(64)58-28-36-13-15-38(16-14-36)51(67)57-20-18-35-12-17-39(29-62)40(23-35)30-63/h9-12,17,23-25,29-30,33-34,36,38,43-45,50,70H,13-16,18-22,26-28,31H2,1-8H3,(H,57,67)(H,58,64)(H,59,69)/b11-9+,32-10+/t33?,34-,36?,38?,43?,44?,45-,50?,54?,55?/m0/s1. The van der Waals surface area contributed by atoms with Gasteiger partial charge in [0, 0.05) is 75.9 Å². The summed E-state index contributed by atoms with van der Waals surface area (Å²) in [6, 6.07) is 7.48. The van der Waals surface area contributed by atoms with Gasteiger partial charge in [-0.25, -0.2) is 9.59 Å². The third-order valence-electron chi connectivity index (χ3n) is 15.1. The molecule has 4 N–H and O–H groups in total. The fourth-order valence-corrected chi connectivity index (χ4v) is 11.2. The highest BCUT2D eigenvalue weighted by molar-refractivity contribution is 7.99. The van der Waals surface area contributed by atoms with Crippen LogP contribution in [-0.2, 0) is 55.8 Å². The summed E-state index contributed by atoms with van der Waals surface area (Å²) in [5.41, 5.74) is 0.370. The Morgan fingerprint density at radius 2 is 1.79 bits per heavy atom. The molecule has 3 fully saturated rings. The van der Waals surface area contributed by atoms with Crippen LogP contribution in [0.1, 0.15) is 104 Å². The molecule has 4 aliphatic rings. The number of carbonyl (C=O) groups excluding carboxylic acids is 8. The minimum atomic E-state index is -1.87. The number of rotatable bonds is 18. The predicted molar refractivity (Wildman–Crippen MR) is 285 cm³/mol. The molecule has 8 atom stereocenters. The number of epoxide rings is 1. The maximum absolute atomic E-state index is 14.3. The van der Waals surface area contributed by atoms with E-state index in [9.17, 15) is 43.5 Å². The van der Waals surface area contributed by atoms with Gasteiger partial charge < -0.3 is 49.2 Å². The summed E-state index contributed by atoms with van der Waals surface area (Å²) in [4.78, 5) is 106. The monoisotopic (exact) mass is 1090 g/mol. The van der Waals surface area contributed by atoms with Crippen LogP contribution >= 0.6 is 23.4 Å². The van der Waals surface area contributed by atoms with Gasteiger partial charge in [-0.05, 0) is 94.5 Å². The molecule has 0 radical (unpaired) electrons. The second kappa shape index (κ2) is 26.5. The van der Waals surface area contributed by atoms with Crippen LogP contribution in [0.25, 0.3) is 0 Å². The molecular weight excluding hydrogens is 1020 g/mol. The van der Waals surface area contributed by atoms with E-state index in [1.807, 2.05) is 13.0 Å². The molecule has 1 saturated carbocycles. The Hall–Kier alpha value is -5.80. The molecule has 4 bridgehead atoms. The van der Waals surface area contributed by atoms with Crippen molar-refractivity contribution < 1.29 is 67.1 Å². The number of amides is 5. The first-order chi connectivity index (χ1) is 36.1. The number of nitrogens with one attached hydrogen (secondary N) is 3. The van der Waals surface area contributed by atoms with Gasteiger partial charge in [0.05, 0.1) is 31.1 Å². The van der Waals surface area contributed by atoms with E-state index < -0.39 is 65.7 Å². The summed E-state index contributed by atoms with van der Waals surface area (Å²) in [7, 11) is 5.92. The highest BCUT2D eigenvalue weighted by Gasteiger charge is 2.64. The number of esters is 1.